The van der Waals surface area contributed by atoms with Crippen molar-refractivity contribution in [2.45, 2.75) is 75.2 Å². The number of aromatic nitrogens is 2. The number of H-pyrrole nitrogens is 1. The summed E-state index contributed by atoms with van der Waals surface area (Å²) in [5.41, 5.74) is 0.295. The van der Waals surface area contributed by atoms with Gasteiger partial charge in [-0.2, -0.15) is 13.2 Å². The lowest BCUT2D eigenvalue weighted by atomic mass is 9.67. The highest BCUT2D eigenvalue weighted by molar-refractivity contribution is 7.90. The van der Waals surface area contributed by atoms with Crippen LogP contribution in [0.4, 0.5) is 23.2 Å². The van der Waals surface area contributed by atoms with Crippen molar-refractivity contribution >= 4 is 49.8 Å². The van der Waals surface area contributed by atoms with Crippen molar-refractivity contribution in [3.05, 3.63) is 112 Å². The summed E-state index contributed by atoms with van der Waals surface area (Å²) in [5, 5.41) is 4.91. The van der Waals surface area contributed by atoms with Crippen molar-refractivity contribution < 1.29 is 45.0 Å². The van der Waals surface area contributed by atoms with Gasteiger partial charge in [-0.1, -0.05) is 43.6 Å². The van der Waals surface area contributed by atoms with Crippen molar-refractivity contribution in [1.82, 2.24) is 20.0 Å². The Morgan fingerprint density at radius 3 is 2.52 bits per heavy atom. The minimum atomic E-state index is -5.08. The second-order valence-corrected chi connectivity index (χ2v) is 19.5. The summed E-state index contributed by atoms with van der Waals surface area (Å²) in [7, 11) is -4.95. The zero-order valence-corrected chi connectivity index (χ0v) is 36.6. The normalized spacial score (nSPS) is 20.4. The first kappa shape index (κ1) is 44.4. The Hall–Kier alpha value is -5.16. The van der Waals surface area contributed by atoms with Gasteiger partial charge >= 0.3 is 6.18 Å². The number of rotatable bonds is 11. The molecule has 5 aromatic rings. The van der Waals surface area contributed by atoms with E-state index in [0.717, 1.165) is 42.3 Å². The largest absolute Gasteiger partial charge is 0.490 e. The van der Waals surface area contributed by atoms with Crippen LogP contribution in [0, 0.1) is 5.41 Å². The van der Waals surface area contributed by atoms with Crippen LogP contribution in [0.25, 0.3) is 16.6 Å². The predicted octanol–water partition coefficient (Wildman–Crippen LogP) is 9.88. The fourth-order valence-corrected chi connectivity index (χ4v) is 9.91. The lowest BCUT2D eigenvalue weighted by Crippen LogP contribution is -2.61. The number of piperazine rings is 1. The van der Waals surface area contributed by atoms with Gasteiger partial charge in [0.1, 0.15) is 29.4 Å². The molecule has 11 nitrogen and oxygen atoms in total. The van der Waals surface area contributed by atoms with Crippen LogP contribution in [-0.2, 0) is 20.9 Å². The van der Waals surface area contributed by atoms with E-state index in [9.17, 15) is 26.4 Å². The van der Waals surface area contributed by atoms with Gasteiger partial charge in [-0.3, -0.25) is 4.79 Å². The molecule has 8 rings (SSSR count). The number of amides is 1. The van der Waals surface area contributed by atoms with Crippen molar-refractivity contribution in [2.75, 3.05) is 44.4 Å². The molecule has 1 amide bonds. The number of carbonyl (C=O) groups excluding carboxylic acids is 1. The molecular weight excluding hydrogens is 862 g/mol. The molecule has 2 saturated heterocycles. The van der Waals surface area contributed by atoms with Crippen LogP contribution in [0.5, 0.6) is 17.2 Å². The van der Waals surface area contributed by atoms with E-state index >= 15 is 4.39 Å². The van der Waals surface area contributed by atoms with Gasteiger partial charge in [-0.25, -0.2) is 22.5 Å². The van der Waals surface area contributed by atoms with Gasteiger partial charge in [-0.15, -0.1) is 0 Å². The molecule has 3 N–H and O–H groups in total. The summed E-state index contributed by atoms with van der Waals surface area (Å²) < 4.78 is 105. The van der Waals surface area contributed by atoms with Crippen LogP contribution in [0.2, 0.25) is 5.02 Å². The molecule has 1 unspecified atom stereocenters. The highest BCUT2D eigenvalue weighted by atomic mass is 35.5. The standard InChI is InChI=1S/C46H48ClF4N5O6S/c1-43(2)15-13-36(35(25-43)29-7-9-31(47)10-8-29)44(3)27-52-19-20-56(44)38-6-4-5-34(40(38)62-32-23-30-14-18-53-41(30)54-26-32)42(57)55-63(58,59)33-11-12-39(37(24-33)46(49,50)51)61-28-45(48)16-21-60-22-17-45/h4-12,14,18,23-24,26,52H,13,15-17,19-22,25,27-28H2,1-3H3,(H,53,54)(H,55,57). The summed E-state index contributed by atoms with van der Waals surface area (Å²) in [5.74, 6) is -1.62. The van der Waals surface area contributed by atoms with E-state index < -0.39 is 56.1 Å². The molecule has 2 aliphatic heterocycles. The molecule has 1 atom stereocenters. The zero-order chi connectivity index (χ0) is 44.8. The first-order chi connectivity index (χ1) is 29.8. The van der Waals surface area contributed by atoms with Crippen LogP contribution in [0.3, 0.4) is 0 Å². The summed E-state index contributed by atoms with van der Waals surface area (Å²) in [4.78, 5) is 23.2. The average Bonchev–Trinajstić information content (AvgIpc) is 3.71. The second kappa shape index (κ2) is 17.1. The molecule has 0 bridgehead atoms. The number of alkyl halides is 4. The number of halogens is 5. The van der Waals surface area contributed by atoms with Gasteiger partial charge in [-0.05, 0) is 103 Å². The average molecular weight is 910 g/mol. The highest BCUT2D eigenvalue weighted by Crippen LogP contribution is 2.50. The number of para-hydroxylation sites is 1. The van der Waals surface area contributed by atoms with E-state index in [1.165, 1.54) is 23.4 Å². The first-order valence-corrected chi connectivity index (χ1v) is 22.6. The number of anilines is 1. The number of carbonyl (C=O) groups is 1. The molecule has 3 aliphatic rings. The maximum atomic E-state index is 15.2. The van der Waals surface area contributed by atoms with Crippen molar-refractivity contribution in [1.29, 1.82) is 0 Å². The number of aromatic amines is 1. The fraction of sp³-hybridized carbons (Fsp3) is 0.391. The van der Waals surface area contributed by atoms with Crippen LogP contribution >= 0.6 is 11.6 Å². The van der Waals surface area contributed by atoms with Crippen LogP contribution in [0.15, 0.2) is 95.7 Å². The number of ether oxygens (including phenoxy) is 3. The molecule has 2 aromatic heterocycles. The minimum absolute atomic E-state index is 0.0135. The quantitative estimate of drug-likeness (QED) is 0.111. The molecule has 63 heavy (non-hydrogen) atoms. The maximum Gasteiger partial charge on any atom is 0.420 e. The molecule has 17 heteroatoms. The predicted molar refractivity (Wildman–Crippen MR) is 233 cm³/mol. The third-order valence-corrected chi connectivity index (χ3v) is 13.9. The SMILES string of the molecule is CC1(C)CCC(C2(C)CNCCN2c2cccc(C(=O)NS(=O)(=O)c3ccc(OCC4(F)CCOCC4)c(C(F)(F)F)c3)c2Oc2cnc3[nH]ccc3c2)=C(c2ccc(Cl)cc2)C1. The Balaban J connectivity index is 1.18. The molecule has 1 aliphatic carbocycles. The Labute approximate surface area is 368 Å². The van der Waals surface area contributed by atoms with Gasteiger partial charge in [0.2, 0.25) is 0 Å². The number of sulfonamides is 1. The molecule has 0 saturated carbocycles. The van der Waals surface area contributed by atoms with Crippen LogP contribution in [0.1, 0.15) is 74.4 Å². The molecule has 3 aromatic carbocycles. The number of pyridine rings is 1. The third kappa shape index (κ3) is 9.40. The van der Waals surface area contributed by atoms with E-state index in [1.807, 2.05) is 29.0 Å². The summed E-state index contributed by atoms with van der Waals surface area (Å²) in [6.45, 7) is 7.71. The highest BCUT2D eigenvalue weighted by Gasteiger charge is 2.44. The number of nitrogens with one attached hydrogen (secondary N) is 3. The Morgan fingerprint density at radius 1 is 1.02 bits per heavy atom. The number of benzene rings is 3. The molecular formula is C46H48ClF4N5O6S. The number of nitrogens with zero attached hydrogens (tertiary/aromatic N) is 2. The van der Waals surface area contributed by atoms with E-state index in [-0.39, 0.29) is 48.5 Å². The van der Waals surface area contributed by atoms with Gasteiger partial charge in [0, 0.05) is 62.3 Å². The zero-order valence-electron chi connectivity index (χ0n) is 35.0. The van der Waals surface area contributed by atoms with Gasteiger partial charge in [0.25, 0.3) is 15.9 Å². The van der Waals surface area contributed by atoms with Gasteiger partial charge in [0.15, 0.2) is 5.75 Å². The van der Waals surface area contributed by atoms with Crippen LogP contribution in [-0.4, -0.2) is 75.0 Å². The summed E-state index contributed by atoms with van der Waals surface area (Å²) in [6.07, 6.45) is 0.478. The minimum Gasteiger partial charge on any atom is -0.490 e. The number of allylic oxidation sites excluding steroid dienone is 1. The van der Waals surface area contributed by atoms with E-state index in [2.05, 4.69) is 41.0 Å². The number of hydrogen-bond acceptors (Lipinski definition) is 9. The molecule has 2 fully saturated rings. The molecule has 334 valence electrons. The molecule has 4 heterocycles. The monoisotopic (exact) mass is 909 g/mol. The first-order valence-electron chi connectivity index (χ1n) is 20.7. The second-order valence-electron chi connectivity index (χ2n) is 17.4. The van der Waals surface area contributed by atoms with E-state index in [1.54, 1.807) is 30.5 Å². The smallest absolute Gasteiger partial charge is 0.420 e. The van der Waals surface area contributed by atoms with Crippen molar-refractivity contribution in [3.8, 4) is 17.2 Å². The lowest BCUT2D eigenvalue weighted by molar-refractivity contribution is -0.139. The third-order valence-electron chi connectivity index (χ3n) is 12.3. The summed E-state index contributed by atoms with van der Waals surface area (Å²) >= 11 is 6.33. The lowest BCUT2D eigenvalue weighted by Gasteiger charge is -2.51. The Bertz CT molecular complexity index is 2670. The summed E-state index contributed by atoms with van der Waals surface area (Å²) in [6, 6.07) is 18.2. The van der Waals surface area contributed by atoms with Crippen molar-refractivity contribution in [2.24, 2.45) is 5.41 Å². The fourth-order valence-electron chi connectivity index (χ4n) is 8.80. The van der Waals surface area contributed by atoms with E-state index in [4.69, 9.17) is 25.8 Å². The Kier molecular flexibility index (Phi) is 12.1. The number of fused-ring (bicyclic) bond motifs is 1. The molecule has 0 spiro atoms. The van der Waals surface area contributed by atoms with Crippen LogP contribution < -0.4 is 24.4 Å². The van der Waals surface area contributed by atoms with Crippen molar-refractivity contribution in [3.63, 3.8) is 0 Å². The maximum absolute atomic E-state index is 15.2. The number of hydrogen-bond donors (Lipinski definition) is 3. The van der Waals surface area contributed by atoms with E-state index in [0.29, 0.717) is 42.1 Å². The molecule has 0 radical (unpaired) electrons. The van der Waals surface area contributed by atoms with Gasteiger partial charge in [0.05, 0.1) is 33.4 Å². The van der Waals surface area contributed by atoms with Gasteiger partial charge < -0.3 is 29.4 Å². The topological polar surface area (TPSA) is 135 Å². The Morgan fingerprint density at radius 2 is 1.78 bits per heavy atom.